The normalized spacial score (nSPS) is 12.5. The molecule has 0 unspecified atom stereocenters. The highest BCUT2D eigenvalue weighted by molar-refractivity contribution is 5.68. The summed E-state index contributed by atoms with van der Waals surface area (Å²) in [7, 11) is 1.41. The highest BCUT2D eigenvalue weighted by Crippen LogP contribution is 2.12. The molecule has 0 aliphatic carbocycles. The van der Waals surface area contributed by atoms with Gasteiger partial charge in [-0.1, -0.05) is 19.8 Å². The highest BCUT2D eigenvalue weighted by atomic mass is 16.5. The maximum Gasteiger partial charge on any atom is 0.305 e. The number of ether oxygens (including phenoxy) is 1. The average molecular weight is 188 g/mol. The number of carbonyl (C=O) groups excluding carboxylic acids is 1. The molecule has 13 heavy (non-hydrogen) atoms. The van der Waals surface area contributed by atoms with Crippen LogP contribution in [0.1, 0.15) is 39.0 Å². The molecule has 0 rings (SSSR count). The van der Waals surface area contributed by atoms with Crippen LogP contribution in [0.25, 0.3) is 0 Å². The van der Waals surface area contributed by atoms with E-state index < -0.39 is 0 Å². The Morgan fingerprint density at radius 1 is 1.46 bits per heavy atom. The Balaban J connectivity index is 3.28. The van der Waals surface area contributed by atoms with Crippen LogP contribution in [0.2, 0.25) is 0 Å². The lowest BCUT2D eigenvalue weighted by molar-refractivity contribution is -0.140. The summed E-state index contributed by atoms with van der Waals surface area (Å²) < 4.78 is 4.52. The predicted octanol–water partition coefficient (Wildman–Crippen LogP) is 1.74. The van der Waals surface area contributed by atoms with Crippen LogP contribution in [0.5, 0.6) is 0 Å². The Labute approximate surface area is 80.1 Å². The van der Waals surface area contributed by atoms with Crippen LogP contribution in [0, 0.1) is 5.92 Å². The molecule has 3 heteroatoms. The highest BCUT2D eigenvalue weighted by Gasteiger charge is 2.05. The molecule has 78 valence electrons. The molecule has 0 aliphatic rings. The summed E-state index contributed by atoms with van der Waals surface area (Å²) in [5.74, 6) is 0.259. The zero-order valence-corrected chi connectivity index (χ0v) is 8.58. The van der Waals surface area contributed by atoms with Crippen LogP contribution < -0.4 is 0 Å². The molecule has 0 saturated carbocycles. The van der Waals surface area contributed by atoms with Gasteiger partial charge < -0.3 is 9.84 Å². The second kappa shape index (κ2) is 8.05. The lowest BCUT2D eigenvalue weighted by Gasteiger charge is -2.09. The van der Waals surface area contributed by atoms with Crippen molar-refractivity contribution in [1.82, 2.24) is 0 Å². The Morgan fingerprint density at radius 2 is 2.15 bits per heavy atom. The zero-order chi connectivity index (χ0) is 10.1. The van der Waals surface area contributed by atoms with Crippen molar-refractivity contribution in [2.24, 2.45) is 5.92 Å². The van der Waals surface area contributed by atoms with E-state index >= 15 is 0 Å². The number of unbranched alkanes of at least 4 members (excludes halogenated alkanes) is 1. The molecule has 0 spiro atoms. The van der Waals surface area contributed by atoms with Gasteiger partial charge in [0.05, 0.1) is 7.11 Å². The quantitative estimate of drug-likeness (QED) is 0.489. The van der Waals surface area contributed by atoms with Crippen molar-refractivity contribution in [2.75, 3.05) is 13.7 Å². The van der Waals surface area contributed by atoms with Gasteiger partial charge in [0.2, 0.25) is 0 Å². The lowest BCUT2D eigenvalue weighted by Crippen LogP contribution is -2.05. The van der Waals surface area contributed by atoms with E-state index in [4.69, 9.17) is 5.11 Å². The van der Waals surface area contributed by atoms with Crippen LogP contribution in [0.3, 0.4) is 0 Å². The van der Waals surface area contributed by atoms with E-state index in [1.165, 1.54) is 7.11 Å². The van der Waals surface area contributed by atoms with E-state index in [9.17, 15) is 4.79 Å². The van der Waals surface area contributed by atoms with Crippen molar-refractivity contribution in [2.45, 2.75) is 39.0 Å². The summed E-state index contributed by atoms with van der Waals surface area (Å²) in [4.78, 5) is 10.7. The van der Waals surface area contributed by atoms with E-state index in [1.807, 2.05) is 0 Å². The first-order valence-electron chi connectivity index (χ1n) is 4.92. The van der Waals surface area contributed by atoms with Crippen molar-refractivity contribution in [1.29, 1.82) is 0 Å². The molecule has 0 aromatic rings. The van der Waals surface area contributed by atoms with E-state index in [0.717, 1.165) is 25.7 Å². The summed E-state index contributed by atoms with van der Waals surface area (Å²) >= 11 is 0. The Hall–Kier alpha value is -0.570. The molecule has 0 amide bonds. The number of carbonyl (C=O) groups is 1. The smallest absolute Gasteiger partial charge is 0.305 e. The monoisotopic (exact) mass is 188 g/mol. The number of hydrogen-bond donors (Lipinski definition) is 1. The van der Waals surface area contributed by atoms with Gasteiger partial charge in [-0.15, -0.1) is 0 Å². The van der Waals surface area contributed by atoms with E-state index in [2.05, 4.69) is 11.7 Å². The van der Waals surface area contributed by atoms with E-state index in [-0.39, 0.29) is 12.6 Å². The van der Waals surface area contributed by atoms with Crippen molar-refractivity contribution in [3.05, 3.63) is 0 Å². The van der Waals surface area contributed by atoms with Gasteiger partial charge in [0.25, 0.3) is 0 Å². The molecule has 0 bridgehead atoms. The number of esters is 1. The average Bonchev–Trinajstić information content (AvgIpc) is 2.18. The van der Waals surface area contributed by atoms with Crippen LogP contribution in [-0.4, -0.2) is 24.8 Å². The van der Waals surface area contributed by atoms with Crippen LogP contribution in [-0.2, 0) is 9.53 Å². The summed E-state index contributed by atoms with van der Waals surface area (Å²) in [6.07, 6.45) is 4.37. The first kappa shape index (κ1) is 12.4. The van der Waals surface area contributed by atoms with Crippen molar-refractivity contribution in [3.63, 3.8) is 0 Å². The third kappa shape index (κ3) is 6.58. The van der Waals surface area contributed by atoms with Gasteiger partial charge in [0, 0.05) is 13.0 Å². The third-order valence-corrected chi connectivity index (χ3v) is 2.31. The van der Waals surface area contributed by atoms with E-state index in [0.29, 0.717) is 12.3 Å². The third-order valence-electron chi connectivity index (χ3n) is 2.31. The van der Waals surface area contributed by atoms with Gasteiger partial charge in [-0.2, -0.15) is 0 Å². The van der Waals surface area contributed by atoms with Gasteiger partial charge in [0.1, 0.15) is 0 Å². The molecule has 3 nitrogen and oxygen atoms in total. The molecule has 0 fully saturated rings. The molecule has 0 radical (unpaired) electrons. The minimum atomic E-state index is -0.142. The van der Waals surface area contributed by atoms with Crippen molar-refractivity contribution >= 4 is 5.97 Å². The van der Waals surface area contributed by atoms with Crippen LogP contribution >= 0.6 is 0 Å². The minimum Gasteiger partial charge on any atom is -0.469 e. The van der Waals surface area contributed by atoms with Crippen molar-refractivity contribution < 1.29 is 14.6 Å². The van der Waals surface area contributed by atoms with Gasteiger partial charge in [-0.05, 0) is 18.8 Å². The van der Waals surface area contributed by atoms with Gasteiger partial charge in [-0.25, -0.2) is 0 Å². The molecule has 0 heterocycles. The van der Waals surface area contributed by atoms with Gasteiger partial charge in [-0.3, -0.25) is 4.79 Å². The first-order valence-corrected chi connectivity index (χ1v) is 4.92. The van der Waals surface area contributed by atoms with Crippen LogP contribution in [0.4, 0.5) is 0 Å². The summed E-state index contributed by atoms with van der Waals surface area (Å²) in [5, 5.41) is 8.89. The molecular weight excluding hydrogens is 168 g/mol. The summed E-state index contributed by atoms with van der Waals surface area (Å²) in [6, 6.07) is 0. The first-order chi connectivity index (χ1) is 6.24. The largest absolute Gasteiger partial charge is 0.469 e. The number of hydrogen-bond acceptors (Lipinski definition) is 3. The molecule has 0 aromatic carbocycles. The fraction of sp³-hybridized carbons (Fsp3) is 0.900. The molecule has 0 aromatic heterocycles. The molecule has 1 atom stereocenters. The fourth-order valence-corrected chi connectivity index (χ4v) is 1.23. The second-order valence-corrected chi connectivity index (χ2v) is 3.28. The topological polar surface area (TPSA) is 46.5 Å². The molecule has 1 N–H and O–H groups in total. The Bertz CT molecular complexity index is 130. The maximum absolute atomic E-state index is 10.7. The minimum absolute atomic E-state index is 0.142. The Morgan fingerprint density at radius 3 is 2.62 bits per heavy atom. The molecule has 0 aliphatic heterocycles. The maximum atomic E-state index is 10.7. The number of rotatable bonds is 7. The van der Waals surface area contributed by atoms with Crippen molar-refractivity contribution in [3.8, 4) is 0 Å². The number of methoxy groups -OCH3 is 1. The van der Waals surface area contributed by atoms with Gasteiger partial charge in [0.15, 0.2) is 0 Å². The molecule has 0 saturated heterocycles. The summed E-state index contributed by atoms with van der Waals surface area (Å²) in [5.41, 5.74) is 0. The zero-order valence-electron chi connectivity index (χ0n) is 8.58. The lowest BCUT2D eigenvalue weighted by atomic mass is 10.00. The fourth-order valence-electron chi connectivity index (χ4n) is 1.23. The Kier molecular flexibility index (Phi) is 7.69. The predicted molar refractivity (Wildman–Crippen MR) is 51.4 cm³/mol. The number of aliphatic hydroxyl groups is 1. The van der Waals surface area contributed by atoms with Crippen LogP contribution in [0.15, 0.2) is 0 Å². The standard InChI is InChI=1S/C10H20O3/c1-3-9(8-11)6-4-5-7-10(12)13-2/h9,11H,3-8H2,1-2H3/t9-/m1/s1. The number of aliphatic hydroxyl groups excluding tert-OH is 1. The second-order valence-electron chi connectivity index (χ2n) is 3.28. The SMILES string of the molecule is CC[C@@H](CO)CCCCC(=O)OC. The molecular formula is C10H20O3. The van der Waals surface area contributed by atoms with E-state index in [1.54, 1.807) is 0 Å². The van der Waals surface area contributed by atoms with Gasteiger partial charge >= 0.3 is 5.97 Å². The summed E-state index contributed by atoms with van der Waals surface area (Å²) in [6.45, 7) is 2.33.